The molecule has 0 bridgehead atoms. The molecule has 3 aromatic rings. The van der Waals surface area contributed by atoms with E-state index in [2.05, 4.69) is 21.6 Å². The highest BCUT2D eigenvalue weighted by Crippen LogP contribution is 2.33. The number of benzene rings is 1. The molecule has 10 nitrogen and oxygen atoms in total. The van der Waals surface area contributed by atoms with Crippen molar-refractivity contribution in [3.05, 3.63) is 53.2 Å². The highest BCUT2D eigenvalue weighted by molar-refractivity contribution is 6.05. The smallest absolute Gasteiger partial charge is 0.255 e. The molecular formula is C28H30N6O4. The molecule has 10 heteroatoms. The third-order valence-electron chi connectivity index (χ3n) is 7.82. The molecule has 0 radical (unpaired) electrons. The van der Waals surface area contributed by atoms with Crippen molar-refractivity contribution in [2.24, 2.45) is 0 Å². The van der Waals surface area contributed by atoms with Gasteiger partial charge in [-0.15, -0.1) is 0 Å². The molecule has 3 aliphatic rings. The summed E-state index contributed by atoms with van der Waals surface area (Å²) < 4.78 is 1.87. The maximum absolute atomic E-state index is 13.1. The van der Waals surface area contributed by atoms with Crippen LogP contribution < -0.4 is 10.6 Å². The lowest BCUT2D eigenvalue weighted by Crippen LogP contribution is -2.52. The third-order valence-corrected chi connectivity index (χ3v) is 7.82. The summed E-state index contributed by atoms with van der Waals surface area (Å²) in [5.41, 5.74) is 4.96. The first kappa shape index (κ1) is 24.3. The Morgan fingerprint density at radius 3 is 2.71 bits per heavy atom. The molecule has 2 saturated heterocycles. The molecule has 1 aromatic carbocycles. The van der Waals surface area contributed by atoms with Gasteiger partial charge in [0.1, 0.15) is 18.2 Å². The summed E-state index contributed by atoms with van der Waals surface area (Å²) >= 11 is 0. The van der Waals surface area contributed by atoms with Gasteiger partial charge in [0.25, 0.3) is 5.91 Å². The Balaban J connectivity index is 1.36. The van der Waals surface area contributed by atoms with Crippen LogP contribution in [-0.2, 0) is 34.0 Å². The minimum Gasteiger partial charge on any atom is -0.358 e. The largest absolute Gasteiger partial charge is 0.358 e. The number of pyridine rings is 1. The van der Waals surface area contributed by atoms with Crippen molar-refractivity contribution in [3.63, 3.8) is 0 Å². The van der Waals surface area contributed by atoms with Gasteiger partial charge in [0, 0.05) is 49.3 Å². The zero-order valence-electron chi connectivity index (χ0n) is 21.3. The van der Waals surface area contributed by atoms with Gasteiger partial charge >= 0.3 is 0 Å². The molecule has 3 aliphatic heterocycles. The highest BCUT2D eigenvalue weighted by Gasteiger charge is 2.39. The Labute approximate surface area is 220 Å². The van der Waals surface area contributed by atoms with Crippen LogP contribution >= 0.6 is 0 Å². The summed E-state index contributed by atoms with van der Waals surface area (Å²) in [5, 5.41) is 6.06. The van der Waals surface area contributed by atoms with Crippen LogP contribution in [0.2, 0.25) is 0 Å². The standard InChI is InChI=1S/C28H30N6O4/c1-29-25(36)16-33-11-8-20-19(14-32-9-2-3-10-32)13-22(30-26(20)33)17-4-5-21-18(12-17)15-34(28(21)38)23-6-7-24(35)31-27(23)37/h4-5,8,11-13,23H,2-3,6-7,9-10,14-16H2,1H3,(H,29,36)(H,31,35,37). The lowest BCUT2D eigenvalue weighted by Gasteiger charge is -2.29. The summed E-state index contributed by atoms with van der Waals surface area (Å²) in [7, 11) is 1.62. The number of amides is 4. The van der Waals surface area contributed by atoms with Crippen LogP contribution in [0.25, 0.3) is 22.3 Å². The van der Waals surface area contributed by atoms with Crippen LogP contribution in [0.4, 0.5) is 0 Å². The molecule has 5 heterocycles. The lowest BCUT2D eigenvalue weighted by atomic mass is 10.0. The SMILES string of the molecule is CNC(=O)Cn1ccc2c(CN3CCCC3)cc(-c3ccc4c(c3)CN(C3CCC(=O)NC3=O)C4=O)nc21. The van der Waals surface area contributed by atoms with Crippen LogP contribution in [0, 0.1) is 0 Å². The van der Waals surface area contributed by atoms with E-state index in [1.807, 2.05) is 29.0 Å². The van der Waals surface area contributed by atoms with E-state index in [0.29, 0.717) is 18.5 Å². The summed E-state index contributed by atoms with van der Waals surface area (Å²) in [5.74, 6) is -1.01. The Kier molecular flexibility index (Phi) is 6.19. The van der Waals surface area contributed by atoms with E-state index in [0.717, 1.165) is 53.1 Å². The Hall–Kier alpha value is -4.05. The second-order valence-electron chi connectivity index (χ2n) is 10.3. The van der Waals surface area contributed by atoms with Crippen molar-refractivity contribution in [1.82, 2.24) is 30.0 Å². The number of likely N-dealkylation sites (N-methyl/N-ethyl adjacent to an activating group) is 1. The van der Waals surface area contributed by atoms with Crippen molar-refractivity contribution in [1.29, 1.82) is 0 Å². The number of carbonyl (C=O) groups is 4. The van der Waals surface area contributed by atoms with Crippen LogP contribution in [-0.4, -0.2) is 69.2 Å². The van der Waals surface area contributed by atoms with E-state index in [9.17, 15) is 19.2 Å². The van der Waals surface area contributed by atoms with Gasteiger partial charge < -0.3 is 14.8 Å². The van der Waals surface area contributed by atoms with Gasteiger partial charge in [-0.1, -0.05) is 6.07 Å². The summed E-state index contributed by atoms with van der Waals surface area (Å²) in [6.45, 7) is 3.43. The molecule has 2 N–H and O–H groups in total. The summed E-state index contributed by atoms with van der Waals surface area (Å²) in [6.07, 6.45) is 4.85. The fourth-order valence-corrected chi connectivity index (χ4v) is 5.78. The van der Waals surface area contributed by atoms with E-state index in [4.69, 9.17) is 4.98 Å². The fourth-order valence-electron chi connectivity index (χ4n) is 5.78. The topological polar surface area (TPSA) is 117 Å². The van der Waals surface area contributed by atoms with E-state index in [1.165, 1.54) is 12.8 Å². The molecule has 4 amide bonds. The van der Waals surface area contributed by atoms with Crippen LogP contribution in [0.3, 0.4) is 0 Å². The number of fused-ring (bicyclic) bond motifs is 2. The quantitative estimate of drug-likeness (QED) is 0.485. The predicted octanol–water partition coefficient (Wildman–Crippen LogP) is 1.81. The minimum absolute atomic E-state index is 0.0969. The van der Waals surface area contributed by atoms with Crippen LogP contribution in [0.1, 0.15) is 47.2 Å². The molecule has 2 aromatic heterocycles. The van der Waals surface area contributed by atoms with E-state index < -0.39 is 11.9 Å². The molecule has 6 rings (SSSR count). The first-order valence-corrected chi connectivity index (χ1v) is 13.1. The van der Waals surface area contributed by atoms with Gasteiger partial charge in [-0.3, -0.25) is 29.4 Å². The van der Waals surface area contributed by atoms with Crippen molar-refractivity contribution >= 4 is 34.7 Å². The second-order valence-corrected chi connectivity index (χ2v) is 10.3. The molecule has 0 spiro atoms. The normalized spacial score (nSPS) is 19.8. The molecule has 2 fully saturated rings. The molecule has 1 atom stereocenters. The van der Waals surface area contributed by atoms with Gasteiger partial charge in [0.05, 0.1) is 5.69 Å². The van der Waals surface area contributed by atoms with Crippen molar-refractivity contribution in [2.45, 2.75) is 51.4 Å². The average molecular weight is 515 g/mol. The predicted molar refractivity (Wildman–Crippen MR) is 140 cm³/mol. The Morgan fingerprint density at radius 1 is 1.13 bits per heavy atom. The third kappa shape index (κ3) is 4.34. The van der Waals surface area contributed by atoms with Crippen LogP contribution in [0.15, 0.2) is 36.5 Å². The van der Waals surface area contributed by atoms with E-state index >= 15 is 0 Å². The van der Waals surface area contributed by atoms with Gasteiger partial charge in [-0.05, 0) is 67.7 Å². The number of piperidine rings is 1. The number of rotatable bonds is 6. The maximum atomic E-state index is 13.1. The number of nitrogens with one attached hydrogen (secondary N) is 2. The first-order chi connectivity index (χ1) is 18.4. The van der Waals surface area contributed by atoms with Gasteiger partial charge in [-0.25, -0.2) is 4.98 Å². The molecule has 196 valence electrons. The van der Waals surface area contributed by atoms with Gasteiger partial charge in [-0.2, -0.15) is 0 Å². The van der Waals surface area contributed by atoms with Crippen molar-refractivity contribution < 1.29 is 19.2 Å². The van der Waals surface area contributed by atoms with Crippen molar-refractivity contribution in [3.8, 4) is 11.3 Å². The number of nitrogens with zero attached hydrogens (tertiary/aromatic N) is 4. The Morgan fingerprint density at radius 2 is 1.95 bits per heavy atom. The van der Waals surface area contributed by atoms with E-state index in [-0.39, 0.29) is 30.7 Å². The zero-order valence-corrected chi connectivity index (χ0v) is 21.3. The summed E-state index contributed by atoms with van der Waals surface area (Å²) in [4.78, 5) is 58.2. The minimum atomic E-state index is -0.648. The molecule has 38 heavy (non-hydrogen) atoms. The number of hydrogen-bond acceptors (Lipinski definition) is 6. The number of likely N-dealkylation sites (tertiary alicyclic amines) is 1. The summed E-state index contributed by atoms with van der Waals surface area (Å²) in [6, 6.07) is 9.16. The zero-order chi connectivity index (χ0) is 26.4. The maximum Gasteiger partial charge on any atom is 0.255 e. The second kappa shape index (κ2) is 9.68. The van der Waals surface area contributed by atoms with Gasteiger partial charge in [0.2, 0.25) is 17.7 Å². The van der Waals surface area contributed by atoms with E-state index in [1.54, 1.807) is 18.0 Å². The molecule has 1 unspecified atom stereocenters. The van der Waals surface area contributed by atoms with Crippen molar-refractivity contribution in [2.75, 3.05) is 20.1 Å². The lowest BCUT2D eigenvalue weighted by molar-refractivity contribution is -0.137. The molecule has 0 saturated carbocycles. The number of imide groups is 1. The number of hydrogen-bond donors (Lipinski definition) is 2. The van der Waals surface area contributed by atoms with Crippen LogP contribution in [0.5, 0.6) is 0 Å². The number of carbonyl (C=O) groups excluding carboxylic acids is 4. The monoisotopic (exact) mass is 514 g/mol. The highest BCUT2D eigenvalue weighted by atomic mass is 16.2. The molecular weight excluding hydrogens is 484 g/mol. The molecule has 0 aliphatic carbocycles. The first-order valence-electron chi connectivity index (χ1n) is 13.1. The fraction of sp³-hybridized carbons (Fsp3) is 0.393. The number of aromatic nitrogens is 2. The van der Waals surface area contributed by atoms with Gasteiger partial charge in [0.15, 0.2) is 0 Å². The average Bonchev–Trinajstić information content (AvgIpc) is 3.64. The Bertz CT molecular complexity index is 1470.